The highest BCUT2D eigenvalue weighted by molar-refractivity contribution is 5.98. The van der Waals surface area contributed by atoms with Crippen molar-refractivity contribution < 1.29 is 9.59 Å². The molecule has 0 aliphatic heterocycles. The lowest BCUT2D eigenvalue weighted by molar-refractivity contribution is -0.121. The second-order valence-electron chi connectivity index (χ2n) is 6.33. The van der Waals surface area contributed by atoms with Crippen molar-refractivity contribution in [1.82, 2.24) is 15.6 Å². The summed E-state index contributed by atoms with van der Waals surface area (Å²) in [6.45, 7) is 0. The van der Waals surface area contributed by atoms with Crippen LogP contribution in [0.1, 0.15) is 43.6 Å². The van der Waals surface area contributed by atoms with Gasteiger partial charge in [-0.3, -0.25) is 10.1 Å². The molecule has 5 heteroatoms. The van der Waals surface area contributed by atoms with E-state index in [0.717, 1.165) is 22.9 Å². The molecule has 0 saturated heterocycles. The molecule has 1 saturated carbocycles. The molecule has 3 rings (SSSR count). The van der Waals surface area contributed by atoms with E-state index in [2.05, 4.69) is 21.7 Å². The molecule has 1 fully saturated rings. The minimum absolute atomic E-state index is 0.217. The SMILES string of the molecule is CNC(=O)NC(=O)C(CC1CCCC1)c1ccc2[nH]ccc2c1. The smallest absolute Gasteiger partial charge is 0.321 e. The van der Waals surface area contributed by atoms with Crippen LogP contribution in [0.2, 0.25) is 0 Å². The summed E-state index contributed by atoms with van der Waals surface area (Å²) in [5.41, 5.74) is 2.03. The van der Waals surface area contributed by atoms with E-state index >= 15 is 0 Å². The minimum atomic E-state index is -0.450. The predicted molar refractivity (Wildman–Crippen MR) is 90.2 cm³/mol. The summed E-state index contributed by atoms with van der Waals surface area (Å²) in [6.07, 6.45) is 7.53. The van der Waals surface area contributed by atoms with E-state index in [0.29, 0.717) is 5.92 Å². The Morgan fingerprint density at radius 1 is 1.26 bits per heavy atom. The fraction of sp³-hybridized carbons (Fsp3) is 0.444. The number of H-pyrrole nitrogens is 1. The van der Waals surface area contributed by atoms with E-state index in [1.807, 2.05) is 24.4 Å². The van der Waals surface area contributed by atoms with Crippen molar-refractivity contribution in [1.29, 1.82) is 0 Å². The molecule has 5 nitrogen and oxygen atoms in total. The third kappa shape index (κ3) is 3.55. The van der Waals surface area contributed by atoms with Crippen LogP contribution in [0.15, 0.2) is 30.5 Å². The maximum Gasteiger partial charge on any atom is 0.321 e. The van der Waals surface area contributed by atoms with Gasteiger partial charge in [-0.15, -0.1) is 0 Å². The van der Waals surface area contributed by atoms with Crippen LogP contribution >= 0.6 is 0 Å². The first-order valence-corrected chi connectivity index (χ1v) is 8.27. The molecule has 23 heavy (non-hydrogen) atoms. The Bertz CT molecular complexity index is 701. The van der Waals surface area contributed by atoms with Crippen LogP contribution in [0.25, 0.3) is 10.9 Å². The maximum absolute atomic E-state index is 12.6. The summed E-state index contributed by atoms with van der Waals surface area (Å²) < 4.78 is 0. The zero-order valence-electron chi connectivity index (χ0n) is 13.4. The average molecular weight is 313 g/mol. The van der Waals surface area contributed by atoms with Gasteiger partial charge in [0.15, 0.2) is 0 Å². The molecule has 1 aromatic carbocycles. The van der Waals surface area contributed by atoms with Crippen molar-refractivity contribution in [3.8, 4) is 0 Å². The largest absolute Gasteiger partial charge is 0.361 e. The predicted octanol–water partition coefficient (Wildman–Crippen LogP) is 3.29. The van der Waals surface area contributed by atoms with Gasteiger partial charge >= 0.3 is 6.03 Å². The lowest BCUT2D eigenvalue weighted by Crippen LogP contribution is -2.40. The van der Waals surface area contributed by atoms with Crippen molar-refractivity contribution in [2.45, 2.75) is 38.0 Å². The number of carbonyl (C=O) groups excluding carboxylic acids is 2. The molecule has 1 aliphatic rings. The van der Waals surface area contributed by atoms with Gasteiger partial charge < -0.3 is 10.3 Å². The Hall–Kier alpha value is -2.30. The number of rotatable bonds is 4. The highest BCUT2D eigenvalue weighted by Crippen LogP contribution is 2.35. The van der Waals surface area contributed by atoms with Gasteiger partial charge in [0.05, 0.1) is 5.92 Å². The van der Waals surface area contributed by atoms with E-state index in [1.54, 1.807) is 0 Å². The zero-order valence-corrected chi connectivity index (χ0v) is 13.4. The molecule has 1 aliphatic carbocycles. The fourth-order valence-corrected chi connectivity index (χ4v) is 3.52. The Morgan fingerprint density at radius 3 is 2.78 bits per heavy atom. The molecule has 0 bridgehead atoms. The molecule has 1 heterocycles. The van der Waals surface area contributed by atoms with Gasteiger partial charge in [-0.25, -0.2) is 4.79 Å². The molecule has 3 amide bonds. The summed E-state index contributed by atoms with van der Waals surface area (Å²) in [4.78, 5) is 27.3. The Labute approximate surface area is 135 Å². The van der Waals surface area contributed by atoms with Crippen LogP contribution in [0.4, 0.5) is 4.79 Å². The number of aromatic nitrogens is 1. The summed E-state index contributed by atoms with van der Waals surface area (Å²) >= 11 is 0. The summed E-state index contributed by atoms with van der Waals surface area (Å²) in [7, 11) is 1.51. The third-order valence-electron chi connectivity index (χ3n) is 4.80. The fourth-order valence-electron chi connectivity index (χ4n) is 3.52. The summed E-state index contributed by atoms with van der Waals surface area (Å²) in [5.74, 6) is 0.0678. The highest BCUT2D eigenvalue weighted by atomic mass is 16.2. The van der Waals surface area contributed by atoms with Crippen LogP contribution in [-0.2, 0) is 4.79 Å². The van der Waals surface area contributed by atoms with Crippen LogP contribution in [-0.4, -0.2) is 24.0 Å². The van der Waals surface area contributed by atoms with Crippen molar-refractivity contribution in [3.63, 3.8) is 0 Å². The highest BCUT2D eigenvalue weighted by Gasteiger charge is 2.27. The molecular formula is C18H23N3O2. The van der Waals surface area contributed by atoms with Gasteiger partial charge in [-0.05, 0) is 41.5 Å². The Balaban J connectivity index is 1.85. The molecular weight excluding hydrogens is 290 g/mol. The number of urea groups is 1. The number of hydrogen-bond acceptors (Lipinski definition) is 2. The van der Waals surface area contributed by atoms with Gasteiger partial charge in [0.25, 0.3) is 0 Å². The first-order chi connectivity index (χ1) is 11.2. The standard InChI is InChI=1S/C18H23N3O2/c1-19-18(23)21-17(22)15(10-12-4-2-3-5-12)13-6-7-16-14(11-13)8-9-20-16/h6-9,11-12,15,20H,2-5,10H2,1H3,(H2,19,21,22,23). The summed E-state index contributed by atoms with van der Waals surface area (Å²) in [6, 6.07) is 7.59. The number of amides is 3. The first kappa shape index (κ1) is 15.6. The lowest BCUT2D eigenvalue weighted by atomic mass is 9.87. The van der Waals surface area contributed by atoms with Crippen molar-refractivity contribution in [3.05, 3.63) is 36.0 Å². The molecule has 1 unspecified atom stereocenters. The van der Waals surface area contributed by atoms with E-state index in [1.165, 1.54) is 32.7 Å². The van der Waals surface area contributed by atoms with Crippen LogP contribution in [0.5, 0.6) is 0 Å². The number of fused-ring (bicyclic) bond motifs is 1. The normalized spacial score (nSPS) is 16.4. The van der Waals surface area contributed by atoms with Gasteiger partial charge in [0.1, 0.15) is 0 Å². The molecule has 3 N–H and O–H groups in total. The minimum Gasteiger partial charge on any atom is -0.361 e. The molecule has 1 aromatic heterocycles. The Kier molecular flexibility index (Phi) is 4.65. The first-order valence-electron chi connectivity index (χ1n) is 8.27. The molecule has 122 valence electrons. The number of benzene rings is 1. The van der Waals surface area contributed by atoms with Crippen molar-refractivity contribution in [2.75, 3.05) is 7.05 Å². The number of carbonyl (C=O) groups is 2. The zero-order chi connectivity index (χ0) is 16.2. The van der Waals surface area contributed by atoms with Gasteiger partial charge in [0.2, 0.25) is 5.91 Å². The van der Waals surface area contributed by atoms with Crippen molar-refractivity contribution in [2.24, 2.45) is 5.92 Å². The molecule has 2 aromatic rings. The number of nitrogens with one attached hydrogen (secondary N) is 3. The average Bonchev–Trinajstić information content (AvgIpc) is 3.22. The Morgan fingerprint density at radius 2 is 2.04 bits per heavy atom. The molecule has 1 atom stereocenters. The van der Waals surface area contributed by atoms with Crippen LogP contribution < -0.4 is 10.6 Å². The lowest BCUT2D eigenvalue weighted by Gasteiger charge is -2.20. The van der Waals surface area contributed by atoms with E-state index in [4.69, 9.17) is 0 Å². The van der Waals surface area contributed by atoms with Gasteiger partial charge in [-0.1, -0.05) is 31.7 Å². The summed E-state index contributed by atoms with van der Waals surface area (Å²) in [5, 5.41) is 5.98. The van der Waals surface area contributed by atoms with Crippen LogP contribution in [0.3, 0.4) is 0 Å². The topological polar surface area (TPSA) is 74.0 Å². The molecule has 0 radical (unpaired) electrons. The van der Waals surface area contributed by atoms with E-state index in [9.17, 15) is 9.59 Å². The van der Waals surface area contributed by atoms with Gasteiger partial charge in [0, 0.05) is 18.8 Å². The number of hydrogen-bond donors (Lipinski definition) is 3. The van der Waals surface area contributed by atoms with E-state index < -0.39 is 6.03 Å². The van der Waals surface area contributed by atoms with Gasteiger partial charge in [-0.2, -0.15) is 0 Å². The number of aromatic amines is 1. The second-order valence-corrected chi connectivity index (χ2v) is 6.33. The van der Waals surface area contributed by atoms with Crippen LogP contribution in [0, 0.1) is 5.92 Å². The number of imide groups is 1. The maximum atomic E-state index is 12.6. The monoisotopic (exact) mass is 313 g/mol. The molecule has 0 spiro atoms. The van der Waals surface area contributed by atoms with E-state index in [-0.39, 0.29) is 11.8 Å². The second kappa shape index (κ2) is 6.86. The third-order valence-corrected chi connectivity index (χ3v) is 4.80. The quantitative estimate of drug-likeness (QED) is 0.810. The van der Waals surface area contributed by atoms with Crippen molar-refractivity contribution >= 4 is 22.8 Å².